The molecule has 0 saturated carbocycles. The van der Waals surface area contributed by atoms with Crippen LogP contribution in [0.4, 0.5) is 8.78 Å². The standard InChI is InChI=1S/C23H24F2N2O2/c1-15(21-9-7-19(24)12-22(21)25)26-13-23(28)27(2)14-16-4-5-18-11-20(29-3)8-6-17(18)10-16/h4-12,15,26H,13-14H2,1-3H3/p+1/t15-/m1/s1. The number of carbonyl (C=O) groups is 1. The summed E-state index contributed by atoms with van der Waals surface area (Å²) < 4.78 is 32.2. The number of hydrogen-bond acceptors (Lipinski definition) is 2. The molecule has 1 amide bonds. The third-order valence-corrected chi connectivity index (χ3v) is 5.06. The van der Waals surface area contributed by atoms with Gasteiger partial charge in [0.05, 0.1) is 7.11 Å². The van der Waals surface area contributed by atoms with E-state index in [1.165, 1.54) is 12.1 Å². The van der Waals surface area contributed by atoms with Crippen molar-refractivity contribution in [3.05, 3.63) is 77.4 Å². The van der Waals surface area contributed by atoms with Crippen LogP contribution < -0.4 is 10.1 Å². The van der Waals surface area contributed by atoms with Crippen LogP contribution in [0.2, 0.25) is 0 Å². The highest BCUT2D eigenvalue weighted by Crippen LogP contribution is 2.22. The maximum atomic E-state index is 13.9. The molecular weight excluding hydrogens is 374 g/mol. The number of rotatable bonds is 7. The second-order valence-electron chi connectivity index (χ2n) is 7.19. The molecule has 0 bridgehead atoms. The molecule has 3 aromatic rings. The third kappa shape index (κ3) is 5.09. The number of methoxy groups -OCH3 is 1. The zero-order chi connectivity index (χ0) is 21.0. The van der Waals surface area contributed by atoms with Crippen LogP contribution in [-0.4, -0.2) is 31.5 Å². The number of quaternary nitrogens is 1. The number of ether oxygens (including phenoxy) is 1. The maximum Gasteiger partial charge on any atom is 0.277 e. The van der Waals surface area contributed by atoms with E-state index >= 15 is 0 Å². The lowest BCUT2D eigenvalue weighted by atomic mass is 10.1. The van der Waals surface area contributed by atoms with E-state index in [2.05, 4.69) is 6.07 Å². The van der Waals surface area contributed by atoms with Gasteiger partial charge in [0.25, 0.3) is 5.91 Å². The van der Waals surface area contributed by atoms with Crippen molar-refractivity contribution >= 4 is 16.7 Å². The zero-order valence-electron chi connectivity index (χ0n) is 16.8. The van der Waals surface area contributed by atoms with Crippen LogP contribution in [0.5, 0.6) is 5.75 Å². The molecule has 1 atom stereocenters. The average Bonchev–Trinajstić information content (AvgIpc) is 2.71. The summed E-state index contributed by atoms with van der Waals surface area (Å²) >= 11 is 0. The van der Waals surface area contributed by atoms with Crippen molar-refractivity contribution in [2.75, 3.05) is 20.7 Å². The second-order valence-corrected chi connectivity index (χ2v) is 7.19. The smallest absolute Gasteiger partial charge is 0.277 e. The lowest BCUT2D eigenvalue weighted by molar-refractivity contribution is -0.683. The fourth-order valence-electron chi connectivity index (χ4n) is 3.29. The van der Waals surface area contributed by atoms with E-state index in [1.54, 1.807) is 31.3 Å². The fourth-order valence-corrected chi connectivity index (χ4v) is 3.29. The fraction of sp³-hybridized carbons (Fsp3) is 0.261. The Hall–Kier alpha value is -2.99. The third-order valence-electron chi connectivity index (χ3n) is 5.06. The minimum atomic E-state index is -0.608. The van der Waals surface area contributed by atoms with Gasteiger partial charge in [0, 0.05) is 25.2 Å². The number of halogens is 2. The quantitative estimate of drug-likeness (QED) is 0.662. The number of hydrogen-bond donors (Lipinski definition) is 1. The van der Waals surface area contributed by atoms with Gasteiger partial charge in [-0.2, -0.15) is 0 Å². The molecule has 152 valence electrons. The molecule has 0 radical (unpaired) electrons. The van der Waals surface area contributed by atoms with Gasteiger partial charge in [-0.05, 0) is 53.6 Å². The predicted octanol–water partition coefficient (Wildman–Crippen LogP) is 3.41. The number of fused-ring (bicyclic) bond motifs is 1. The van der Waals surface area contributed by atoms with Gasteiger partial charge in [0.2, 0.25) is 0 Å². The molecule has 0 fully saturated rings. The van der Waals surface area contributed by atoms with E-state index in [1.807, 2.05) is 30.3 Å². The molecular formula is C23H25F2N2O2+. The highest BCUT2D eigenvalue weighted by Gasteiger charge is 2.18. The Balaban J connectivity index is 1.59. The summed E-state index contributed by atoms with van der Waals surface area (Å²) in [5.74, 6) is -0.459. The molecule has 0 aliphatic heterocycles. The summed E-state index contributed by atoms with van der Waals surface area (Å²) in [5.41, 5.74) is 1.41. The van der Waals surface area contributed by atoms with Crippen LogP contribution in [-0.2, 0) is 11.3 Å². The molecule has 3 aromatic carbocycles. The van der Waals surface area contributed by atoms with Crippen molar-refractivity contribution in [1.29, 1.82) is 0 Å². The van der Waals surface area contributed by atoms with Gasteiger partial charge in [-0.25, -0.2) is 8.78 Å². The summed E-state index contributed by atoms with van der Waals surface area (Å²) in [5, 5.41) is 3.91. The van der Waals surface area contributed by atoms with E-state index < -0.39 is 11.6 Å². The van der Waals surface area contributed by atoms with Crippen molar-refractivity contribution in [1.82, 2.24) is 4.90 Å². The van der Waals surface area contributed by atoms with Gasteiger partial charge in [-0.1, -0.05) is 18.2 Å². The first-order chi connectivity index (χ1) is 13.9. The van der Waals surface area contributed by atoms with Gasteiger partial charge in [0.1, 0.15) is 23.4 Å². The molecule has 2 N–H and O–H groups in total. The number of amides is 1. The van der Waals surface area contributed by atoms with Crippen molar-refractivity contribution in [3.63, 3.8) is 0 Å². The Kier molecular flexibility index (Phi) is 6.44. The highest BCUT2D eigenvalue weighted by molar-refractivity contribution is 5.84. The molecule has 0 saturated heterocycles. The first kappa shape index (κ1) is 20.7. The van der Waals surface area contributed by atoms with E-state index in [0.29, 0.717) is 12.1 Å². The minimum absolute atomic E-state index is 0.0609. The van der Waals surface area contributed by atoms with E-state index in [-0.39, 0.29) is 18.5 Å². The maximum absolute atomic E-state index is 13.9. The Labute approximate surface area is 169 Å². The number of nitrogens with zero attached hydrogens (tertiary/aromatic N) is 1. The highest BCUT2D eigenvalue weighted by atomic mass is 19.1. The lowest BCUT2D eigenvalue weighted by Gasteiger charge is -2.18. The minimum Gasteiger partial charge on any atom is -0.497 e. The molecule has 0 heterocycles. The molecule has 4 nitrogen and oxygen atoms in total. The van der Waals surface area contributed by atoms with Gasteiger partial charge < -0.3 is 15.0 Å². The molecule has 0 aliphatic rings. The van der Waals surface area contributed by atoms with Crippen LogP contribution in [0.25, 0.3) is 10.8 Å². The Morgan fingerprint density at radius 3 is 2.52 bits per heavy atom. The molecule has 29 heavy (non-hydrogen) atoms. The van der Waals surface area contributed by atoms with Crippen LogP contribution in [0.3, 0.4) is 0 Å². The number of likely N-dealkylation sites (N-methyl/N-ethyl adjacent to an activating group) is 1. The monoisotopic (exact) mass is 399 g/mol. The summed E-state index contributed by atoms with van der Waals surface area (Å²) in [6.07, 6.45) is 0. The van der Waals surface area contributed by atoms with E-state index in [0.717, 1.165) is 28.2 Å². The SMILES string of the molecule is COc1ccc2cc(CN(C)C(=O)C[NH2+][C@H](C)c3ccc(F)cc3F)ccc2c1. The van der Waals surface area contributed by atoms with Crippen molar-refractivity contribution < 1.29 is 23.6 Å². The lowest BCUT2D eigenvalue weighted by Crippen LogP contribution is -2.87. The number of nitrogens with two attached hydrogens (primary N) is 1. The molecule has 0 aromatic heterocycles. The summed E-state index contributed by atoms with van der Waals surface area (Å²) in [7, 11) is 3.38. The molecule has 6 heteroatoms. The van der Waals surface area contributed by atoms with E-state index in [4.69, 9.17) is 4.74 Å². The van der Waals surface area contributed by atoms with Gasteiger partial charge in [-0.3, -0.25) is 4.79 Å². The number of carbonyl (C=O) groups excluding carboxylic acids is 1. The second kappa shape index (κ2) is 9.01. The average molecular weight is 399 g/mol. The predicted molar refractivity (Wildman–Crippen MR) is 109 cm³/mol. The summed E-state index contributed by atoms with van der Waals surface area (Å²) in [6.45, 7) is 2.45. The van der Waals surface area contributed by atoms with Crippen LogP contribution in [0.15, 0.2) is 54.6 Å². The molecule has 0 unspecified atom stereocenters. The molecule has 3 rings (SSSR count). The zero-order valence-corrected chi connectivity index (χ0v) is 16.8. The Bertz CT molecular complexity index is 1020. The van der Waals surface area contributed by atoms with Gasteiger partial charge in [0.15, 0.2) is 6.54 Å². The first-order valence-electron chi connectivity index (χ1n) is 9.46. The van der Waals surface area contributed by atoms with E-state index in [9.17, 15) is 13.6 Å². The molecule has 0 spiro atoms. The summed E-state index contributed by atoms with van der Waals surface area (Å²) in [6, 6.07) is 15.2. The molecule has 0 aliphatic carbocycles. The Morgan fingerprint density at radius 2 is 1.79 bits per heavy atom. The van der Waals surface area contributed by atoms with Crippen LogP contribution in [0, 0.1) is 11.6 Å². The van der Waals surface area contributed by atoms with Crippen molar-refractivity contribution in [2.45, 2.75) is 19.5 Å². The Morgan fingerprint density at radius 1 is 1.07 bits per heavy atom. The topological polar surface area (TPSA) is 46.1 Å². The van der Waals surface area contributed by atoms with Crippen LogP contribution in [0.1, 0.15) is 24.1 Å². The largest absolute Gasteiger partial charge is 0.497 e. The van der Waals surface area contributed by atoms with Crippen LogP contribution >= 0.6 is 0 Å². The number of benzene rings is 3. The van der Waals surface area contributed by atoms with Crippen molar-refractivity contribution in [3.8, 4) is 5.75 Å². The first-order valence-corrected chi connectivity index (χ1v) is 9.46. The van der Waals surface area contributed by atoms with Gasteiger partial charge in [-0.15, -0.1) is 0 Å². The normalized spacial score (nSPS) is 12.0. The summed E-state index contributed by atoms with van der Waals surface area (Å²) in [4.78, 5) is 14.1. The van der Waals surface area contributed by atoms with Gasteiger partial charge >= 0.3 is 0 Å². The van der Waals surface area contributed by atoms with Crippen molar-refractivity contribution in [2.24, 2.45) is 0 Å².